The maximum atomic E-state index is 12.9. The van der Waals surface area contributed by atoms with Gasteiger partial charge in [0.25, 0.3) is 5.91 Å². The van der Waals surface area contributed by atoms with Crippen LogP contribution in [0.15, 0.2) is 18.2 Å². The van der Waals surface area contributed by atoms with E-state index in [9.17, 15) is 14.4 Å². The minimum absolute atomic E-state index is 0.0427. The average Bonchev–Trinajstić information content (AvgIpc) is 3.00. The number of hydrogen-bond donors (Lipinski definition) is 2. The number of carbonyl (C=O) groups is 3. The molecule has 1 atom stereocenters. The van der Waals surface area contributed by atoms with Crippen molar-refractivity contribution in [1.82, 2.24) is 20.0 Å². The first-order valence-corrected chi connectivity index (χ1v) is 10.7. The zero-order valence-corrected chi connectivity index (χ0v) is 17.8. The molecule has 0 aliphatic carbocycles. The number of piperidine rings is 1. The van der Waals surface area contributed by atoms with Crippen LogP contribution >= 0.6 is 0 Å². The summed E-state index contributed by atoms with van der Waals surface area (Å²) in [6.45, 7) is 10.3. The highest BCUT2D eigenvalue weighted by molar-refractivity contribution is 6.05. The Morgan fingerprint density at radius 1 is 1.20 bits per heavy atom. The number of hydrogen-bond acceptors (Lipinski definition) is 6. The van der Waals surface area contributed by atoms with Crippen molar-refractivity contribution in [3.05, 3.63) is 34.9 Å². The van der Waals surface area contributed by atoms with Crippen LogP contribution in [0.4, 0.5) is 0 Å². The third-order valence-electron chi connectivity index (χ3n) is 6.56. The van der Waals surface area contributed by atoms with Gasteiger partial charge in [0.05, 0.1) is 0 Å². The zero-order valence-electron chi connectivity index (χ0n) is 17.8. The van der Waals surface area contributed by atoms with Gasteiger partial charge in [0, 0.05) is 63.3 Å². The number of imide groups is 1. The van der Waals surface area contributed by atoms with Gasteiger partial charge in [-0.3, -0.25) is 29.5 Å². The molecule has 0 saturated carbocycles. The average molecular weight is 414 g/mol. The van der Waals surface area contributed by atoms with Crippen LogP contribution in [0.3, 0.4) is 0 Å². The van der Waals surface area contributed by atoms with Crippen molar-refractivity contribution >= 4 is 17.7 Å². The van der Waals surface area contributed by atoms with E-state index < -0.39 is 6.04 Å². The Kier molecular flexibility index (Phi) is 5.65. The van der Waals surface area contributed by atoms with E-state index >= 15 is 0 Å². The molecule has 3 N–H and O–H groups in total. The third-order valence-corrected chi connectivity index (χ3v) is 6.56. The summed E-state index contributed by atoms with van der Waals surface area (Å²) in [4.78, 5) is 43.0. The Hall–Kier alpha value is -2.29. The molecule has 0 spiro atoms. The van der Waals surface area contributed by atoms with Crippen LogP contribution in [0.2, 0.25) is 0 Å². The standard InChI is InChI=1S/C22H31N5O3/c1-22(2)14-25(8-7-23)9-10-26(22)12-15-3-4-17-16(11-15)13-27(21(17)30)18-5-6-19(28)24-20(18)29/h3-4,11,18H,5-10,12-14,23H2,1-2H3,(H,24,28,29). The van der Waals surface area contributed by atoms with E-state index in [0.29, 0.717) is 25.1 Å². The number of fused-ring (bicyclic) bond motifs is 1. The fraction of sp³-hybridized carbons (Fsp3) is 0.591. The first-order valence-electron chi connectivity index (χ1n) is 10.7. The number of carbonyl (C=O) groups excluding carboxylic acids is 3. The van der Waals surface area contributed by atoms with Gasteiger partial charge in [-0.1, -0.05) is 12.1 Å². The van der Waals surface area contributed by atoms with Gasteiger partial charge in [0.15, 0.2) is 0 Å². The van der Waals surface area contributed by atoms with Gasteiger partial charge in [0.2, 0.25) is 11.8 Å². The van der Waals surface area contributed by atoms with E-state index in [-0.39, 0.29) is 29.7 Å². The monoisotopic (exact) mass is 413 g/mol. The van der Waals surface area contributed by atoms with Gasteiger partial charge in [0.1, 0.15) is 6.04 Å². The summed E-state index contributed by atoms with van der Waals surface area (Å²) in [5.41, 5.74) is 8.56. The highest BCUT2D eigenvalue weighted by Crippen LogP contribution is 2.30. The number of amides is 3. The Labute approximate surface area is 177 Å². The van der Waals surface area contributed by atoms with Crippen molar-refractivity contribution in [2.75, 3.05) is 32.7 Å². The second kappa shape index (κ2) is 8.09. The highest BCUT2D eigenvalue weighted by Gasteiger charge is 2.39. The van der Waals surface area contributed by atoms with Crippen LogP contribution in [0.1, 0.15) is 48.2 Å². The van der Waals surface area contributed by atoms with Gasteiger partial charge < -0.3 is 10.6 Å². The van der Waals surface area contributed by atoms with Crippen molar-refractivity contribution in [2.24, 2.45) is 5.73 Å². The molecule has 162 valence electrons. The summed E-state index contributed by atoms with van der Waals surface area (Å²) in [6.07, 6.45) is 0.658. The summed E-state index contributed by atoms with van der Waals surface area (Å²) < 4.78 is 0. The number of nitrogens with one attached hydrogen (secondary N) is 1. The van der Waals surface area contributed by atoms with E-state index in [1.165, 1.54) is 5.56 Å². The molecule has 2 saturated heterocycles. The number of piperazine rings is 1. The molecule has 8 heteroatoms. The Bertz CT molecular complexity index is 868. The predicted molar refractivity (Wildman–Crippen MR) is 112 cm³/mol. The van der Waals surface area contributed by atoms with Crippen LogP contribution in [0.25, 0.3) is 0 Å². The topological polar surface area (TPSA) is 99.0 Å². The molecular formula is C22H31N5O3. The molecule has 2 fully saturated rings. The summed E-state index contributed by atoms with van der Waals surface area (Å²) in [5.74, 6) is -0.761. The Morgan fingerprint density at radius 2 is 2.00 bits per heavy atom. The molecule has 0 aromatic heterocycles. The maximum Gasteiger partial charge on any atom is 0.255 e. The second-order valence-corrected chi connectivity index (χ2v) is 9.19. The second-order valence-electron chi connectivity index (χ2n) is 9.19. The fourth-order valence-electron chi connectivity index (χ4n) is 4.90. The quantitative estimate of drug-likeness (QED) is 0.674. The molecule has 3 amide bonds. The lowest BCUT2D eigenvalue weighted by Gasteiger charge is -2.47. The van der Waals surface area contributed by atoms with Gasteiger partial charge >= 0.3 is 0 Å². The van der Waals surface area contributed by atoms with Crippen LogP contribution in [0, 0.1) is 0 Å². The highest BCUT2D eigenvalue weighted by atomic mass is 16.2. The third kappa shape index (κ3) is 3.99. The summed E-state index contributed by atoms with van der Waals surface area (Å²) >= 11 is 0. The lowest BCUT2D eigenvalue weighted by molar-refractivity contribution is -0.136. The molecule has 3 aliphatic rings. The molecule has 1 aromatic carbocycles. The number of nitrogens with two attached hydrogens (primary N) is 1. The SMILES string of the molecule is CC1(C)CN(CCN)CCN1Cc1ccc2c(c1)CN(C1CCC(=O)NC1=O)C2=O. The molecule has 0 bridgehead atoms. The summed E-state index contributed by atoms with van der Waals surface area (Å²) in [5, 5.41) is 2.35. The van der Waals surface area contributed by atoms with Crippen molar-refractivity contribution < 1.29 is 14.4 Å². The summed E-state index contributed by atoms with van der Waals surface area (Å²) in [7, 11) is 0. The predicted octanol–water partition coefficient (Wildman–Crippen LogP) is 0.303. The molecule has 0 radical (unpaired) electrons. The first kappa shape index (κ1) is 21.0. The Morgan fingerprint density at radius 3 is 2.70 bits per heavy atom. The van der Waals surface area contributed by atoms with Crippen molar-refractivity contribution in [2.45, 2.75) is 51.4 Å². The molecular weight excluding hydrogens is 382 g/mol. The van der Waals surface area contributed by atoms with E-state index in [1.807, 2.05) is 12.1 Å². The molecule has 3 heterocycles. The van der Waals surface area contributed by atoms with Crippen LogP contribution < -0.4 is 11.1 Å². The van der Waals surface area contributed by atoms with E-state index in [0.717, 1.165) is 38.3 Å². The molecule has 4 rings (SSSR count). The molecule has 3 aliphatic heterocycles. The lowest BCUT2D eigenvalue weighted by atomic mass is 9.97. The van der Waals surface area contributed by atoms with Gasteiger partial charge in [-0.2, -0.15) is 0 Å². The number of nitrogens with zero attached hydrogens (tertiary/aromatic N) is 3. The molecule has 1 aromatic rings. The Balaban J connectivity index is 1.46. The molecule has 30 heavy (non-hydrogen) atoms. The largest absolute Gasteiger partial charge is 0.329 e. The van der Waals surface area contributed by atoms with Crippen LogP contribution in [0.5, 0.6) is 0 Å². The van der Waals surface area contributed by atoms with Crippen molar-refractivity contribution in [3.8, 4) is 0 Å². The van der Waals surface area contributed by atoms with E-state index in [4.69, 9.17) is 5.73 Å². The summed E-state index contributed by atoms with van der Waals surface area (Å²) in [6, 6.07) is 5.44. The van der Waals surface area contributed by atoms with E-state index in [1.54, 1.807) is 4.90 Å². The van der Waals surface area contributed by atoms with Crippen molar-refractivity contribution in [1.29, 1.82) is 0 Å². The van der Waals surface area contributed by atoms with Gasteiger partial charge in [-0.15, -0.1) is 0 Å². The maximum absolute atomic E-state index is 12.9. The van der Waals surface area contributed by atoms with Gasteiger partial charge in [-0.05, 0) is 37.5 Å². The minimum atomic E-state index is -0.569. The molecule has 1 unspecified atom stereocenters. The smallest absolute Gasteiger partial charge is 0.255 e. The van der Waals surface area contributed by atoms with E-state index in [2.05, 4.69) is 35.0 Å². The number of rotatable bonds is 5. The van der Waals surface area contributed by atoms with Crippen molar-refractivity contribution in [3.63, 3.8) is 0 Å². The minimum Gasteiger partial charge on any atom is -0.329 e. The van der Waals surface area contributed by atoms with Crippen LogP contribution in [-0.4, -0.2) is 76.7 Å². The lowest BCUT2D eigenvalue weighted by Crippen LogP contribution is -2.59. The van der Waals surface area contributed by atoms with Gasteiger partial charge in [-0.25, -0.2) is 0 Å². The fourth-order valence-corrected chi connectivity index (χ4v) is 4.90. The molecule has 8 nitrogen and oxygen atoms in total. The number of benzene rings is 1. The van der Waals surface area contributed by atoms with Crippen LogP contribution in [-0.2, 0) is 22.7 Å². The first-order chi connectivity index (χ1) is 14.3. The normalized spacial score (nSPS) is 24.8. The zero-order chi connectivity index (χ0) is 21.5.